The van der Waals surface area contributed by atoms with Gasteiger partial charge in [0, 0.05) is 25.2 Å². The molecular formula is C14H28N2O. The number of nitrogens with zero attached hydrogens (tertiary/aromatic N) is 1. The molecule has 0 aromatic carbocycles. The van der Waals surface area contributed by atoms with Gasteiger partial charge in [0.15, 0.2) is 0 Å². The molecule has 2 rings (SSSR count). The molecule has 17 heavy (non-hydrogen) atoms. The van der Waals surface area contributed by atoms with Crippen molar-refractivity contribution in [3.05, 3.63) is 0 Å². The molecular weight excluding hydrogens is 212 g/mol. The van der Waals surface area contributed by atoms with E-state index in [0.717, 1.165) is 13.0 Å². The predicted molar refractivity (Wildman–Crippen MR) is 71.0 cm³/mol. The van der Waals surface area contributed by atoms with Crippen molar-refractivity contribution >= 4 is 0 Å². The van der Waals surface area contributed by atoms with Gasteiger partial charge >= 0.3 is 0 Å². The number of hydrogen-bond acceptors (Lipinski definition) is 3. The molecule has 2 N–H and O–H groups in total. The molecule has 2 aliphatic rings. The van der Waals surface area contributed by atoms with Gasteiger partial charge in [-0.25, -0.2) is 0 Å². The molecule has 0 saturated carbocycles. The van der Waals surface area contributed by atoms with Crippen LogP contribution in [0.15, 0.2) is 0 Å². The van der Waals surface area contributed by atoms with E-state index < -0.39 is 0 Å². The smallest absolute Gasteiger partial charge is 0.0641 e. The lowest BCUT2D eigenvalue weighted by molar-refractivity contribution is -0.0887. The molecule has 0 bridgehead atoms. The quantitative estimate of drug-likeness (QED) is 0.802. The highest BCUT2D eigenvalue weighted by atomic mass is 16.5. The second-order valence-corrected chi connectivity index (χ2v) is 6.37. The van der Waals surface area contributed by atoms with Gasteiger partial charge in [-0.2, -0.15) is 0 Å². The zero-order valence-corrected chi connectivity index (χ0v) is 11.6. The molecule has 2 aliphatic heterocycles. The fourth-order valence-corrected chi connectivity index (χ4v) is 3.35. The first-order valence-corrected chi connectivity index (χ1v) is 7.15. The number of likely N-dealkylation sites (tertiary alicyclic amines) is 1. The Morgan fingerprint density at radius 2 is 2.12 bits per heavy atom. The Morgan fingerprint density at radius 3 is 2.76 bits per heavy atom. The summed E-state index contributed by atoms with van der Waals surface area (Å²) >= 11 is 0. The molecule has 3 unspecified atom stereocenters. The molecule has 3 nitrogen and oxygen atoms in total. The summed E-state index contributed by atoms with van der Waals surface area (Å²) in [6.07, 6.45) is 4.73. The molecule has 0 aromatic rings. The van der Waals surface area contributed by atoms with Crippen LogP contribution < -0.4 is 5.73 Å². The van der Waals surface area contributed by atoms with Crippen molar-refractivity contribution in [3.63, 3.8) is 0 Å². The lowest BCUT2D eigenvalue weighted by Crippen LogP contribution is -2.53. The van der Waals surface area contributed by atoms with Crippen LogP contribution in [0.25, 0.3) is 0 Å². The van der Waals surface area contributed by atoms with Crippen LogP contribution in [0, 0.1) is 5.92 Å². The maximum atomic E-state index is 6.18. The van der Waals surface area contributed by atoms with Crippen LogP contribution in [0.2, 0.25) is 0 Å². The topological polar surface area (TPSA) is 38.5 Å². The average molecular weight is 240 g/mol. The minimum atomic E-state index is 0.0597. The zero-order chi connectivity index (χ0) is 12.5. The lowest BCUT2D eigenvalue weighted by atomic mass is 9.86. The third kappa shape index (κ3) is 3.21. The van der Waals surface area contributed by atoms with Gasteiger partial charge in [-0.1, -0.05) is 13.3 Å². The summed E-state index contributed by atoms with van der Waals surface area (Å²) < 4.78 is 5.81. The molecule has 3 heteroatoms. The Morgan fingerprint density at radius 1 is 1.35 bits per heavy atom. The van der Waals surface area contributed by atoms with Crippen LogP contribution in [0.4, 0.5) is 0 Å². The second-order valence-electron chi connectivity index (χ2n) is 6.37. The molecule has 2 heterocycles. The largest absolute Gasteiger partial charge is 0.375 e. The van der Waals surface area contributed by atoms with E-state index in [-0.39, 0.29) is 5.60 Å². The summed E-state index contributed by atoms with van der Waals surface area (Å²) in [5.74, 6) is 0.690. The van der Waals surface area contributed by atoms with Gasteiger partial charge in [0.05, 0.1) is 5.60 Å². The molecule has 0 aromatic heterocycles. The molecule has 3 atom stereocenters. The van der Waals surface area contributed by atoms with Crippen molar-refractivity contribution in [1.82, 2.24) is 4.90 Å². The van der Waals surface area contributed by atoms with Gasteiger partial charge in [0.2, 0.25) is 0 Å². The van der Waals surface area contributed by atoms with Crippen LogP contribution in [0.3, 0.4) is 0 Å². The van der Waals surface area contributed by atoms with E-state index >= 15 is 0 Å². The number of hydrogen-bond donors (Lipinski definition) is 1. The van der Waals surface area contributed by atoms with Gasteiger partial charge < -0.3 is 10.5 Å². The molecule has 0 aliphatic carbocycles. The standard InChI is InChI=1S/C14H28N2O/c1-4-11-10-16(7-5-13(11)15)12-6-8-17-14(2,3)9-12/h11-13H,4-10,15H2,1-3H3. The Hall–Kier alpha value is -0.120. The minimum Gasteiger partial charge on any atom is -0.375 e. The highest BCUT2D eigenvalue weighted by molar-refractivity contribution is 4.90. The van der Waals surface area contributed by atoms with E-state index in [2.05, 4.69) is 25.7 Å². The summed E-state index contributed by atoms with van der Waals surface area (Å²) in [5, 5.41) is 0. The van der Waals surface area contributed by atoms with E-state index in [9.17, 15) is 0 Å². The summed E-state index contributed by atoms with van der Waals surface area (Å²) in [4.78, 5) is 2.67. The van der Waals surface area contributed by atoms with Crippen molar-refractivity contribution in [1.29, 1.82) is 0 Å². The molecule has 0 spiro atoms. The predicted octanol–water partition coefficient (Wildman–Crippen LogP) is 2.00. The number of rotatable bonds is 2. The number of ether oxygens (including phenoxy) is 1. The Labute approximate surface area is 106 Å². The van der Waals surface area contributed by atoms with Crippen molar-refractivity contribution in [2.45, 2.75) is 64.1 Å². The van der Waals surface area contributed by atoms with Crippen LogP contribution in [0.1, 0.15) is 46.5 Å². The van der Waals surface area contributed by atoms with Gasteiger partial charge in [0.25, 0.3) is 0 Å². The van der Waals surface area contributed by atoms with E-state index in [1.165, 1.54) is 32.4 Å². The van der Waals surface area contributed by atoms with Crippen molar-refractivity contribution in [2.24, 2.45) is 11.7 Å². The monoisotopic (exact) mass is 240 g/mol. The SMILES string of the molecule is CCC1CN(C2CCOC(C)(C)C2)CCC1N. The molecule has 100 valence electrons. The third-order valence-electron chi connectivity index (χ3n) is 4.54. The molecule has 0 amide bonds. The van der Waals surface area contributed by atoms with Crippen LogP contribution in [-0.4, -0.2) is 42.3 Å². The first kappa shape index (κ1) is 13.3. The number of piperidine rings is 1. The molecule has 2 saturated heterocycles. The Bertz CT molecular complexity index is 255. The second kappa shape index (κ2) is 5.25. The summed E-state index contributed by atoms with van der Waals surface area (Å²) in [6, 6.07) is 1.13. The minimum absolute atomic E-state index is 0.0597. The number of nitrogens with two attached hydrogens (primary N) is 1. The zero-order valence-electron chi connectivity index (χ0n) is 11.6. The van der Waals surface area contributed by atoms with E-state index in [4.69, 9.17) is 10.5 Å². The third-order valence-corrected chi connectivity index (χ3v) is 4.54. The Kier molecular flexibility index (Phi) is 4.11. The van der Waals surface area contributed by atoms with E-state index in [0.29, 0.717) is 18.0 Å². The van der Waals surface area contributed by atoms with Crippen molar-refractivity contribution < 1.29 is 4.74 Å². The van der Waals surface area contributed by atoms with Crippen LogP contribution in [-0.2, 0) is 4.74 Å². The van der Waals surface area contributed by atoms with Gasteiger partial charge in [-0.15, -0.1) is 0 Å². The van der Waals surface area contributed by atoms with E-state index in [1.54, 1.807) is 0 Å². The maximum Gasteiger partial charge on any atom is 0.0641 e. The highest BCUT2D eigenvalue weighted by Gasteiger charge is 2.35. The summed E-state index contributed by atoms with van der Waals surface area (Å²) in [6.45, 7) is 9.98. The first-order chi connectivity index (χ1) is 8.02. The average Bonchev–Trinajstić information content (AvgIpc) is 2.28. The van der Waals surface area contributed by atoms with Gasteiger partial charge in [0.1, 0.15) is 0 Å². The van der Waals surface area contributed by atoms with E-state index in [1.807, 2.05) is 0 Å². The lowest BCUT2D eigenvalue weighted by Gasteiger charge is -2.45. The fraction of sp³-hybridized carbons (Fsp3) is 1.00. The molecule has 0 radical (unpaired) electrons. The summed E-state index contributed by atoms with van der Waals surface area (Å²) in [7, 11) is 0. The first-order valence-electron chi connectivity index (χ1n) is 7.15. The van der Waals surface area contributed by atoms with Crippen LogP contribution in [0.5, 0.6) is 0 Å². The van der Waals surface area contributed by atoms with Gasteiger partial charge in [-0.3, -0.25) is 4.90 Å². The highest BCUT2D eigenvalue weighted by Crippen LogP contribution is 2.30. The van der Waals surface area contributed by atoms with Crippen molar-refractivity contribution in [3.8, 4) is 0 Å². The normalized spacial score (nSPS) is 39.2. The Balaban J connectivity index is 1.93. The summed E-state index contributed by atoms with van der Waals surface area (Å²) in [5.41, 5.74) is 6.24. The van der Waals surface area contributed by atoms with Crippen LogP contribution >= 0.6 is 0 Å². The van der Waals surface area contributed by atoms with Crippen molar-refractivity contribution in [2.75, 3.05) is 19.7 Å². The molecule has 2 fully saturated rings. The maximum absolute atomic E-state index is 6.18. The fourth-order valence-electron chi connectivity index (χ4n) is 3.35. The van der Waals surface area contributed by atoms with Gasteiger partial charge in [-0.05, 0) is 45.6 Å².